The van der Waals surface area contributed by atoms with Gasteiger partial charge in [0.25, 0.3) is 5.91 Å². The van der Waals surface area contributed by atoms with Gasteiger partial charge in [0.2, 0.25) is 5.91 Å². The third-order valence-electron chi connectivity index (χ3n) is 5.26. The molecule has 2 amide bonds. The van der Waals surface area contributed by atoms with Crippen LogP contribution in [0.4, 0.5) is 5.69 Å². The number of anilines is 1. The quantitative estimate of drug-likeness (QED) is 0.549. The highest BCUT2D eigenvalue weighted by Gasteiger charge is 2.39. The van der Waals surface area contributed by atoms with Crippen molar-refractivity contribution in [1.82, 2.24) is 25.9 Å². The highest BCUT2D eigenvalue weighted by atomic mass is 35.5. The Kier molecular flexibility index (Phi) is 6.92. The van der Waals surface area contributed by atoms with Crippen LogP contribution in [0.5, 0.6) is 0 Å². The predicted molar refractivity (Wildman–Crippen MR) is 123 cm³/mol. The number of amides is 2. The van der Waals surface area contributed by atoms with Gasteiger partial charge in [0, 0.05) is 27.2 Å². The lowest BCUT2D eigenvalue weighted by Crippen LogP contribution is -2.45. The molecule has 3 aromatic rings. The third-order valence-corrected chi connectivity index (χ3v) is 5.84. The van der Waals surface area contributed by atoms with Crippen LogP contribution >= 0.6 is 23.2 Å². The van der Waals surface area contributed by atoms with E-state index < -0.39 is 12.2 Å². The van der Waals surface area contributed by atoms with Crippen molar-refractivity contribution in [2.45, 2.75) is 45.1 Å². The average molecular weight is 489 g/mol. The van der Waals surface area contributed by atoms with Crippen molar-refractivity contribution in [3.63, 3.8) is 0 Å². The van der Waals surface area contributed by atoms with Crippen molar-refractivity contribution in [3.05, 3.63) is 69.5 Å². The van der Waals surface area contributed by atoms with Crippen LogP contribution in [0.3, 0.4) is 0 Å². The Hall–Kier alpha value is -3.01. The molecule has 0 saturated carbocycles. The van der Waals surface area contributed by atoms with E-state index in [2.05, 4.69) is 25.9 Å². The summed E-state index contributed by atoms with van der Waals surface area (Å²) in [5.74, 6) is -0.300. The van der Waals surface area contributed by atoms with E-state index >= 15 is 0 Å². The Morgan fingerprint density at radius 3 is 2.70 bits per heavy atom. The molecule has 0 radical (unpaired) electrons. The summed E-state index contributed by atoms with van der Waals surface area (Å²) in [6, 6.07) is 12.4. The van der Waals surface area contributed by atoms with Crippen LogP contribution in [0.2, 0.25) is 10.0 Å². The average Bonchev–Trinajstić information content (AvgIpc) is 3.27. The fourth-order valence-corrected chi connectivity index (χ4v) is 4.21. The van der Waals surface area contributed by atoms with Gasteiger partial charge < -0.3 is 15.0 Å². The first kappa shape index (κ1) is 23.2. The van der Waals surface area contributed by atoms with Crippen molar-refractivity contribution >= 4 is 40.7 Å². The Bertz CT molecular complexity index is 1150. The minimum Gasteiger partial charge on any atom is -0.355 e. The molecule has 1 aliphatic heterocycles. The maximum absolute atomic E-state index is 13.6. The number of aromatic amines is 1. The van der Waals surface area contributed by atoms with Crippen LogP contribution < -0.4 is 10.2 Å². The number of ether oxygens (including phenoxy) is 1. The van der Waals surface area contributed by atoms with E-state index in [1.807, 2.05) is 32.0 Å². The monoisotopic (exact) mass is 488 g/mol. The minimum atomic E-state index is -1.05. The lowest BCUT2D eigenvalue weighted by Gasteiger charge is -2.28. The molecule has 11 heteroatoms. The Labute approximate surface area is 200 Å². The highest BCUT2D eigenvalue weighted by Crippen LogP contribution is 2.42. The van der Waals surface area contributed by atoms with Gasteiger partial charge in [-0.15, -0.1) is 5.10 Å². The smallest absolute Gasteiger partial charge is 0.256 e. The number of fused-ring (bicyclic) bond motifs is 1. The molecule has 1 aromatic heterocycles. The molecule has 0 saturated heterocycles. The summed E-state index contributed by atoms with van der Waals surface area (Å²) < 4.78 is 6.32. The molecule has 2 atom stereocenters. The Morgan fingerprint density at radius 1 is 1.21 bits per heavy atom. The van der Waals surface area contributed by atoms with Gasteiger partial charge in [0.1, 0.15) is 12.2 Å². The largest absolute Gasteiger partial charge is 0.355 e. The van der Waals surface area contributed by atoms with Crippen molar-refractivity contribution < 1.29 is 14.3 Å². The number of aromatic nitrogens is 4. The zero-order chi connectivity index (χ0) is 23.5. The molecule has 0 aliphatic carbocycles. The second kappa shape index (κ2) is 9.86. The first-order valence-corrected chi connectivity index (χ1v) is 11.1. The molecule has 2 heterocycles. The van der Waals surface area contributed by atoms with Gasteiger partial charge in [-0.1, -0.05) is 41.4 Å². The zero-order valence-corrected chi connectivity index (χ0v) is 19.5. The Morgan fingerprint density at radius 2 is 2.00 bits per heavy atom. The van der Waals surface area contributed by atoms with Crippen molar-refractivity contribution in [2.24, 2.45) is 0 Å². The van der Waals surface area contributed by atoms with E-state index in [9.17, 15) is 9.59 Å². The second-order valence-corrected chi connectivity index (χ2v) is 8.70. The van der Waals surface area contributed by atoms with E-state index in [1.54, 1.807) is 29.2 Å². The van der Waals surface area contributed by atoms with E-state index in [1.165, 1.54) is 0 Å². The van der Waals surface area contributed by atoms with E-state index in [-0.39, 0.29) is 30.8 Å². The van der Waals surface area contributed by atoms with Gasteiger partial charge in [-0.05, 0) is 48.5 Å². The highest BCUT2D eigenvalue weighted by molar-refractivity contribution is 6.31. The maximum atomic E-state index is 13.6. The summed E-state index contributed by atoms with van der Waals surface area (Å²) >= 11 is 12.8. The zero-order valence-electron chi connectivity index (χ0n) is 18.0. The first-order valence-electron chi connectivity index (χ1n) is 10.4. The van der Waals surface area contributed by atoms with Crippen LogP contribution in [-0.2, 0) is 20.9 Å². The molecule has 2 aromatic carbocycles. The van der Waals surface area contributed by atoms with Gasteiger partial charge in [-0.2, -0.15) is 0 Å². The first-order chi connectivity index (χ1) is 15.8. The Balaban J connectivity index is 1.71. The van der Waals surface area contributed by atoms with Crippen LogP contribution in [0.15, 0.2) is 42.5 Å². The molecule has 33 heavy (non-hydrogen) atoms. The summed E-state index contributed by atoms with van der Waals surface area (Å²) in [6.07, 6.45) is -1.93. The number of carbonyl (C=O) groups excluding carboxylic acids is 2. The number of tetrazole rings is 1. The van der Waals surface area contributed by atoms with Crippen LogP contribution in [0.1, 0.15) is 43.3 Å². The fourth-order valence-electron chi connectivity index (χ4n) is 3.80. The van der Waals surface area contributed by atoms with Gasteiger partial charge >= 0.3 is 0 Å². The molecular formula is C22H22Cl2N6O3. The summed E-state index contributed by atoms with van der Waals surface area (Å²) in [5.41, 5.74) is 2.05. The van der Waals surface area contributed by atoms with E-state index in [4.69, 9.17) is 27.9 Å². The number of benzene rings is 2. The summed E-state index contributed by atoms with van der Waals surface area (Å²) in [5, 5.41) is 16.9. The molecule has 2 N–H and O–H groups in total. The number of H-pyrrole nitrogens is 1. The number of hydrogen-bond donors (Lipinski definition) is 2. The lowest BCUT2D eigenvalue weighted by atomic mass is 9.99. The standard InChI is InChI=1S/C22H22Cl2N6O3/c1-12(2)30-17-8-7-13(23)9-15(17)21(14-5-3-4-6-16(14)24)33-18(22(30)32)10-20(31)25-11-19-26-28-29-27-19/h3-9,12,18,21H,10-11H2,1-2H3,(H,25,31)(H,26,27,28,29)/t18-,21-/m1/s1. The second-order valence-electron chi connectivity index (χ2n) is 7.86. The lowest BCUT2D eigenvalue weighted by molar-refractivity contribution is -0.138. The molecule has 9 nitrogen and oxygen atoms in total. The van der Waals surface area contributed by atoms with Crippen LogP contribution in [-0.4, -0.2) is 44.6 Å². The maximum Gasteiger partial charge on any atom is 0.256 e. The van der Waals surface area contributed by atoms with Gasteiger partial charge in [-0.25, -0.2) is 5.10 Å². The van der Waals surface area contributed by atoms with Crippen molar-refractivity contribution in [2.75, 3.05) is 4.90 Å². The number of halogens is 2. The normalized spacial score (nSPS) is 18.2. The number of nitrogens with zero attached hydrogens (tertiary/aromatic N) is 4. The molecular weight excluding hydrogens is 467 g/mol. The molecule has 0 unspecified atom stereocenters. The minimum absolute atomic E-state index is 0.102. The number of hydrogen-bond acceptors (Lipinski definition) is 6. The fraction of sp³-hybridized carbons (Fsp3) is 0.318. The summed E-state index contributed by atoms with van der Waals surface area (Å²) in [7, 11) is 0. The molecule has 1 aliphatic rings. The molecule has 0 fully saturated rings. The SMILES string of the molecule is CC(C)N1C(=O)[C@@H](CC(=O)NCc2nnn[nH]2)O[C@H](c2ccccc2Cl)c2cc(Cl)ccc21. The third kappa shape index (κ3) is 5.00. The molecule has 0 spiro atoms. The van der Waals surface area contributed by atoms with E-state index in [0.717, 1.165) is 0 Å². The number of rotatable bonds is 6. The van der Waals surface area contributed by atoms with Crippen LogP contribution in [0.25, 0.3) is 0 Å². The molecule has 4 rings (SSSR count). The van der Waals surface area contributed by atoms with Crippen molar-refractivity contribution in [1.29, 1.82) is 0 Å². The number of carbonyl (C=O) groups is 2. The molecule has 0 bridgehead atoms. The summed E-state index contributed by atoms with van der Waals surface area (Å²) in [4.78, 5) is 27.9. The number of nitrogens with one attached hydrogen (secondary N) is 2. The predicted octanol–water partition coefficient (Wildman–Crippen LogP) is 3.44. The molecule has 172 valence electrons. The summed E-state index contributed by atoms with van der Waals surface area (Å²) in [6.45, 7) is 3.91. The van der Waals surface area contributed by atoms with Crippen LogP contribution in [0, 0.1) is 0 Å². The van der Waals surface area contributed by atoms with Crippen molar-refractivity contribution in [3.8, 4) is 0 Å². The van der Waals surface area contributed by atoms with Gasteiger partial charge in [0.05, 0.1) is 18.7 Å². The van der Waals surface area contributed by atoms with Gasteiger partial charge in [0.15, 0.2) is 5.82 Å². The topological polar surface area (TPSA) is 113 Å². The van der Waals surface area contributed by atoms with E-state index in [0.29, 0.717) is 32.7 Å². The van der Waals surface area contributed by atoms with Gasteiger partial charge in [-0.3, -0.25) is 9.59 Å².